The van der Waals surface area contributed by atoms with Crippen molar-refractivity contribution in [1.29, 1.82) is 0 Å². The largest absolute Gasteiger partial charge is 0.376 e. The highest BCUT2D eigenvalue weighted by atomic mass is 16.7. The maximum atomic E-state index is 6.42. The summed E-state index contributed by atoms with van der Waals surface area (Å²) in [7, 11) is 0. The maximum Gasteiger partial charge on any atom is 0.0944 e. The average Bonchev–Trinajstić information content (AvgIpc) is 3.14. The maximum absolute atomic E-state index is 6.42. The molecule has 0 amide bonds. The lowest BCUT2D eigenvalue weighted by atomic mass is 10.0. The fourth-order valence-corrected chi connectivity index (χ4v) is 7.17. The molecule has 4 heteroatoms. The standard InChI is InChI=1S/C48H99NO3/c1-7-10-12-14-16-18-20-22-24-26-28-30-32-34-36-38-40-47(45-52-49-42-41-48(5,6)51-44-46(4)9-3)50-43-39-37-35-33-31-29-27-25-23-21-19-17-15-13-11-8-2/h46-47,49H,7-45H2,1-6H3. The first-order chi connectivity index (χ1) is 25.4. The van der Waals surface area contributed by atoms with Crippen LogP contribution in [0, 0.1) is 5.92 Å². The second-order valence-corrected chi connectivity index (χ2v) is 17.4. The summed E-state index contributed by atoms with van der Waals surface area (Å²) in [6.45, 7) is 16.6. The van der Waals surface area contributed by atoms with Crippen LogP contribution >= 0.6 is 0 Å². The van der Waals surface area contributed by atoms with Gasteiger partial charge in [0.25, 0.3) is 0 Å². The third-order valence-electron chi connectivity index (χ3n) is 11.4. The molecule has 1 N–H and O–H groups in total. The summed E-state index contributed by atoms with van der Waals surface area (Å²) >= 11 is 0. The number of nitrogens with one attached hydrogen (secondary N) is 1. The first-order valence-corrected chi connectivity index (χ1v) is 24.0. The van der Waals surface area contributed by atoms with E-state index in [2.05, 4.69) is 47.0 Å². The van der Waals surface area contributed by atoms with Gasteiger partial charge in [-0.15, -0.1) is 0 Å². The molecule has 0 aromatic heterocycles. The summed E-state index contributed by atoms with van der Waals surface area (Å²) in [5.74, 6) is 0.611. The van der Waals surface area contributed by atoms with Crippen LogP contribution < -0.4 is 5.48 Å². The van der Waals surface area contributed by atoms with E-state index in [1.165, 1.54) is 205 Å². The van der Waals surface area contributed by atoms with Gasteiger partial charge in [0.2, 0.25) is 0 Å². The number of unbranched alkanes of at least 4 members (excludes halogenated alkanes) is 30. The van der Waals surface area contributed by atoms with Crippen molar-refractivity contribution in [3.8, 4) is 0 Å². The quantitative estimate of drug-likeness (QED) is 0.0499. The Morgan fingerprint density at radius 2 is 0.827 bits per heavy atom. The van der Waals surface area contributed by atoms with Crippen LogP contribution in [0.4, 0.5) is 0 Å². The van der Waals surface area contributed by atoms with Gasteiger partial charge >= 0.3 is 0 Å². The molecule has 314 valence electrons. The Labute approximate surface area is 329 Å². The number of ether oxygens (including phenoxy) is 2. The zero-order chi connectivity index (χ0) is 38.1. The van der Waals surface area contributed by atoms with Crippen LogP contribution in [0.5, 0.6) is 0 Å². The van der Waals surface area contributed by atoms with E-state index >= 15 is 0 Å². The predicted octanol–water partition coefficient (Wildman–Crippen LogP) is 16.0. The van der Waals surface area contributed by atoms with Gasteiger partial charge in [-0.05, 0) is 39.0 Å². The van der Waals surface area contributed by atoms with Crippen LogP contribution in [-0.2, 0) is 14.3 Å². The lowest BCUT2D eigenvalue weighted by molar-refractivity contribution is -0.0711. The van der Waals surface area contributed by atoms with Crippen LogP contribution in [0.25, 0.3) is 0 Å². The van der Waals surface area contributed by atoms with Crippen LogP contribution in [0.3, 0.4) is 0 Å². The van der Waals surface area contributed by atoms with E-state index in [0.29, 0.717) is 12.5 Å². The summed E-state index contributed by atoms with van der Waals surface area (Å²) in [6.07, 6.45) is 48.5. The normalized spacial score (nSPS) is 13.3. The summed E-state index contributed by atoms with van der Waals surface area (Å²) in [6, 6.07) is 0. The molecule has 0 radical (unpaired) electrons. The van der Waals surface area contributed by atoms with Crippen LogP contribution in [0.1, 0.15) is 266 Å². The molecule has 0 saturated heterocycles. The molecular formula is C48H99NO3. The van der Waals surface area contributed by atoms with Crippen molar-refractivity contribution in [1.82, 2.24) is 5.48 Å². The molecule has 0 bridgehead atoms. The molecule has 0 aliphatic rings. The zero-order valence-electron chi connectivity index (χ0n) is 37.0. The van der Waals surface area contributed by atoms with E-state index in [-0.39, 0.29) is 11.7 Å². The summed E-state index contributed by atoms with van der Waals surface area (Å²) < 4.78 is 12.6. The molecule has 0 aliphatic heterocycles. The fraction of sp³-hybridized carbons (Fsp3) is 1.00. The topological polar surface area (TPSA) is 39.7 Å². The minimum atomic E-state index is -0.128. The lowest BCUT2D eigenvalue weighted by Gasteiger charge is -2.27. The second-order valence-electron chi connectivity index (χ2n) is 17.4. The van der Waals surface area contributed by atoms with Crippen molar-refractivity contribution in [3.05, 3.63) is 0 Å². The average molecular weight is 738 g/mol. The van der Waals surface area contributed by atoms with E-state index in [1.54, 1.807) is 0 Å². The van der Waals surface area contributed by atoms with Gasteiger partial charge in [0.1, 0.15) is 0 Å². The van der Waals surface area contributed by atoms with Gasteiger partial charge in [-0.3, -0.25) is 4.84 Å². The minimum absolute atomic E-state index is 0.128. The molecule has 2 atom stereocenters. The molecule has 0 aromatic rings. The Morgan fingerprint density at radius 1 is 0.462 bits per heavy atom. The minimum Gasteiger partial charge on any atom is -0.376 e. The number of hydroxylamine groups is 1. The van der Waals surface area contributed by atoms with Gasteiger partial charge in [-0.2, -0.15) is 0 Å². The Kier molecular flexibility index (Phi) is 41.9. The summed E-state index contributed by atoms with van der Waals surface area (Å²) in [4.78, 5) is 5.97. The van der Waals surface area contributed by atoms with E-state index < -0.39 is 0 Å². The van der Waals surface area contributed by atoms with Gasteiger partial charge in [0.05, 0.1) is 18.3 Å². The van der Waals surface area contributed by atoms with Gasteiger partial charge in [0.15, 0.2) is 0 Å². The van der Waals surface area contributed by atoms with Crippen molar-refractivity contribution in [2.24, 2.45) is 5.92 Å². The van der Waals surface area contributed by atoms with Gasteiger partial charge < -0.3 is 9.47 Å². The van der Waals surface area contributed by atoms with Crippen molar-refractivity contribution in [3.63, 3.8) is 0 Å². The van der Waals surface area contributed by atoms with Gasteiger partial charge in [-0.1, -0.05) is 233 Å². The predicted molar refractivity (Wildman–Crippen MR) is 232 cm³/mol. The Hall–Kier alpha value is -0.160. The molecule has 0 heterocycles. The Bertz CT molecular complexity index is 656. The Morgan fingerprint density at radius 3 is 1.21 bits per heavy atom. The molecule has 4 nitrogen and oxygen atoms in total. The monoisotopic (exact) mass is 738 g/mol. The Balaban J connectivity index is 4.05. The number of hydrogen-bond donors (Lipinski definition) is 1. The molecule has 0 rings (SSSR count). The molecule has 0 fully saturated rings. The van der Waals surface area contributed by atoms with Crippen molar-refractivity contribution in [2.75, 3.05) is 26.4 Å². The van der Waals surface area contributed by atoms with E-state index in [0.717, 1.165) is 39.0 Å². The molecule has 0 aliphatic carbocycles. The first kappa shape index (κ1) is 51.8. The highest BCUT2D eigenvalue weighted by Crippen LogP contribution is 2.18. The molecule has 52 heavy (non-hydrogen) atoms. The molecule has 0 saturated carbocycles. The number of rotatable bonds is 45. The van der Waals surface area contributed by atoms with Crippen molar-refractivity contribution >= 4 is 0 Å². The smallest absolute Gasteiger partial charge is 0.0944 e. The zero-order valence-corrected chi connectivity index (χ0v) is 37.0. The van der Waals surface area contributed by atoms with E-state index in [4.69, 9.17) is 14.3 Å². The second kappa shape index (κ2) is 42.0. The summed E-state index contributed by atoms with van der Waals surface area (Å²) in [5, 5.41) is 0. The SMILES string of the molecule is CCCCCCCCCCCCCCCCCCOC(CCCCCCCCCCCCCCCCCC)CONCCC(C)(C)OCC(C)CC. The van der Waals surface area contributed by atoms with Crippen LogP contribution in [0.15, 0.2) is 0 Å². The van der Waals surface area contributed by atoms with Crippen LogP contribution in [-0.4, -0.2) is 38.1 Å². The summed E-state index contributed by atoms with van der Waals surface area (Å²) in [5.41, 5.74) is 3.10. The fourth-order valence-electron chi connectivity index (χ4n) is 7.17. The van der Waals surface area contributed by atoms with Crippen molar-refractivity contribution in [2.45, 2.75) is 278 Å². The molecule has 2 unspecified atom stereocenters. The molecular weight excluding hydrogens is 639 g/mol. The van der Waals surface area contributed by atoms with E-state index in [1.807, 2.05) is 0 Å². The van der Waals surface area contributed by atoms with Crippen LogP contribution in [0.2, 0.25) is 0 Å². The van der Waals surface area contributed by atoms with Gasteiger partial charge in [-0.25, -0.2) is 5.48 Å². The van der Waals surface area contributed by atoms with E-state index in [9.17, 15) is 0 Å². The number of hydrogen-bond acceptors (Lipinski definition) is 4. The third-order valence-corrected chi connectivity index (χ3v) is 11.4. The van der Waals surface area contributed by atoms with Crippen molar-refractivity contribution < 1.29 is 14.3 Å². The third kappa shape index (κ3) is 41.0. The highest BCUT2D eigenvalue weighted by molar-refractivity contribution is 4.70. The lowest BCUT2D eigenvalue weighted by Crippen LogP contribution is -2.33. The molecule has 0 spiro atoms. The first-order valence-electron chi connectivity index (χ1n) is 24.0. The highest BCUT2D eigenvalue weighted by Gasteiger charge is 2.19. The van der Waals surface area contributed by atoms with Gasteiger partial charge in [0, 0.05) is 19.8 Å². The molecule has 0 aromatic carbocycles.